The van der Waals surface area contributed by atoms with Crippen LogP contribution in [0.2, 0.25) is 0 Å². The molecule has 0 aromatic carbocycles. The van der Waals surface area contributed by atoms with E-state index in [9.17, 15) is 9.59 Å². The number of amides is 1. The number of carbonyl (C=O) groups excluding carboxylic acids is 1. The number of rotatable bonds is 5. The van der Waals surface area contributed by atoms with Crippen molar-refractivity contribution in [1.29, 1.82) is 0 Å². The third kappa shape index (κ3) is 2.72. The predicted molar refractivity (Wildman–Crippen MR) is 51.8 cm³/mol. The molecule has 1 unspecified atom stereocenters. The second-order valence-electron chi connectivity index (χ2n) is 3.78. The second kappa shape index (κ2) is 4.98. The normalized spacial score (nSPS) is 21.6. The summed E-state index contributed by atoms with van der Waals surface area (Å²) in [6.45, 7) is 2.56. The Labute approximate surface area is 83.9 Å². The highest BCUT2D eigenvalue weighted by Crippen LogP contribution is 2.22. The van der Waals surface area contributed by atoms with Crippen LogP contribution in [0.5, 0.6) is 0 Å². The maximum atomic E-state index is 11.6. The summed E-state index contributed by atoms with van der Waals surface area (Å²) in [4.78, 5) is 23.5. The van der Waals surface area contributed by atoms with Gasteiger partial charge in [-0.25, -0.2) is 0 Å². The van der Waals surface area contributed by atoms with Crippen molar-refractivity contribution in [3.05, 3.63) is 0 Å². The number of carboxylic acids is 1. The minimum absolute atomic E-state index is 0.0286. The van der Waals surface area contributed by atoms with Gasteiger partial charge in [0.1, 0.15) is 6.54 Å². The minimum Gasteiger partial charge on any atom is -0.480 e. The maximum absolute atomic E-state index is 11.6. The molecule has 1 saturated heterocycles. The van der Waals surface area contributed by atoms with Gasteiger partial charge < -0.3 is 10.0 Å². The molecule has 1 heterocycles. The summed E-state index contributed by atoms with van der Waals surface area (Å²) in [5.41, 5.74) is 0. The first-order chi connectivity index (χ1) is 6.65. The quantitative estimate of drug-likeness (QED) is 0.721. The van der Waals surface area contributed by atoms with Crippen molar-refractivity contribution in [1.82, 2.24) is 4.90 Å². The van der Waals surface area contributed by atoms with E-state index in [4.69, 9.17) is 5.11 Å². The van der Waals surface area contributed by atoms with E-state index in [2.05, 4.69) is 6.92 Å². The maximum Gasteiger partial charge on any atom is 0.323 e. The van der Waals surface area contributed by atoms with Gasteiger partial charge in [-0.15, -0.1) is 0 Å². The van der Waals surface area contributed by atoms with Crippen LogP contribution < -0.4 is 0 Å². The molecule has 1 aliphatic rings. The zero-order valence-corrected chi connectivity index (χ0v) is 8.53. The highest BCUT2D eigenvalue weighted by atomic mass is 16.4. The van der Waals surface area contributed by atoms with E-state index in [1.165, 1.54) is 4.90 Å². The summed E-state index contributed by atoms with van der Waals surface area (Å²) < 4.78 is 0. The zero-order chi connectivity index (χ0) is 10.6. The predicted octanol–water partition coefficient (Wildman–Crippen LogP) is 1.11. The molecule has 1 N–H and O–H groups in total. The van der Waals surface area contributed by atoms with E-state index in [0.29, 0.717) is 6.54 Å². The number of hydrogen-bond acceptors (Lipinski definition) is 2. The van der Waals surface area contributed by atoms with Gasteiger partial charge in [-0.05, 0) is 12.8 Å². The SMILES string of the molecule is CCCCC1CCN(CC(=O)O)C1=O. The van der Waals surface area contributed by atoms with Gasteiger partial charge in [0.2, 0.25) is 5.91 Å². The molecule has 1 aliphatic heterocycles. The largest absolute Gasteiger partial charge is 0.480 e. The van der Waals surface area contributed by atoms with Gasteiger partial charge in [0.25, 0.3) is 0 Å². The molecule has 4 heteroatoms. The average molecular weight is 199 g/mol. The molecule has 80 valence electrons. The number of likely N-dealkylation sites (tertiary alicyclic amines) is 1. The molecule has 0 radical (unpaired) electrons. The fourth-order valence-corrected chi connectivity index (χ4v) is 1.84. The van der Waals surface area contributed by atoms with Crippen molar-refractivity contribution in [2.45, 2.75) is 32.6 Å². The molecule has 0 aliphatic carbocycles. The van der Waals surface area contributed by atoms with Crippen molar-refractivity contribution in [3.8, 4) is 0 Å². The molecule has 1 rings (SSSR count). The monoisotopic (exact) mass is 199 g/mol. The van der Waals surface area contributed by atoms with Crippen LogP contribution in [0, 0.1) is 5.92 Å². The minimum atomic E-state index is -0.922. The number of hydrogen-bond donors (Lipinski definition) is 1. The number of carboxylic acid groups (broad SMARTS) is 1. The van der Waals surface area contributed by atoms with E-state index in [1.807, 2.05) is 0 Å². The lowest BCUT2D eigenvalue weighted by atomic mass is 10.0. The van der Waals surface area contributed by atoms with Crippen LogP contribution in [-0.4, -0.2) is 35.0 Å². The first-order valence-corrected chi connectivity index (χ1v) is 5.15. The van der Waals surface area contributed by atoms with Gasteiger partial charge in [0, 0.05) is 12.5 Å². The lowest BCUT2D eigenvalue weighted by Crippen LogP contribution is -2.32. The molecule has 0 bridgehead atoms. The lowest BCUT2D eigenvalue weighted by Gasteiger charge is -2.13. The number of aliphatic carboxylic acids is 1. The fraction of sp³-hybridized carbons (Fsp3) is 0.800. The molecule has 0 spiro atoms. The van der Waals surface area contributed by atoms with E-state index in [0.717, 1.165) is 25.7 Å². The van der Waals surface area contributed by atoms with Gasteiger partial charge in [-0.1, -0.05) is 19.8 Å². The fourth-order valence-electron chi connectivity index (χ4n) is 1.84. The molecule has 1 amide bonds. The Hall–Kier alpha value is -1.06. The van der Waals surface area contributed by atoms with E-state index >= 15 is 0 Å². The average Bonchev–Trinajstić information content (AvgIpc) is 2.45. The summed E-state index contributed by atoms with van der Waals surface area (Å²) >= 11 is 0. The van der Waals surface area contributed by atoms with Gasteiger partial charge in [0.05, 0.1) is 0 Å². The molecule has 1 atom stereocenters. The number of nitrogens with zero attached hydrogens (tertiary/aromatic N) is 1. The van der Waals surface area contributed by atoms with Crippen LogP contribution in [0.15, 0.2) is 0 Å². The van der Waals surface area contributed by atoms with Gasteiger partial charge >= 0.3 is 5.97 Å². The molecular weight excluding hydrogens is 182 g/mol. The summed E-state index contributed by atoms with van der Waals surface area (Å²) in [6, 6.07) is 0. The van der Waals surface area contributed by atoms with Crippen LogP contribution in [0.25, 0.3) is 0 Å². The van der Waals surface area contributed by atoms with Crippen molar-refractivity contribution < 1.29 is 14.7 Å². The highest BCUT2D eigenvalue weighted by molar-refractivity contribution is 5.84. The van der Waals surface area contributed by atoms with Crippen molar-refractivity contribution in [2.75, 3.05) is 13.1 Å². The Morgan fingerprint density at radius 2 is 2.36 bits per heavy atom. The van der Waals surface area contributed by atoms with E-state index < -0.39 is 5.97 Å². The van der Waals surface area contributed by atoms with Gasteiger partial charge in [0.15, 0.2) is 0 Å². The zero-order valence-electron chi connectivity index (χ0n) is 8.53. The third-order valence-electron chi connectivity index (χ3n) is 2.64. The molecule has 14 heavy (non-hydrogen) atoms. The lowest BCUT2D eigenvalue weighted by molar-refractivity contribution is -0.143. The molecule has 0 aromatic heterocycles. The molecule has 0 aromatic rings. The summed E-state index contributed by atoms with van der Waals surface area (Å²) in [7, 11) is 0. The molecule has 1 fully saturated rings. The van der Waals surface area contributed by atoms with Crippen LogP contribution in [0.3, 0.4) is 0 Å². The van der Waals surface area contributed by atoms with Crippen molar-refractivity contribution in [2.24, 2.45) is 5.92 Å². The standard InChI is InChI=1S/C10H17NO3/c1-2-3-4-8-5-6-11(10(8)14)7-9(12)13/h8H,2-7H2,1H3,(H,12,13). The van der Waals surface area contributed by atoms with Crippen LogP contribution in [-0.2, 0) is 9.59 Å². The van der Waals surface area contributed by atoms with Crippen molar-refractivity contribution in [3.63, 3.8) is 0 Å². The summed E-state index contributed by atoms with van der Waals surface area (Å²) in [6.07, 6.45) is 3.87. The Kier molecular flexibility index (Phi) is 3.92. The number of unbranched alkanes of at least 4 members (excludes halogenated alkanes) is 1. The van der Waals surface area contributed by atoms with Crippen LogP contribution in [0.1, 0.15) is 32.6 Å². The Morgan fingerprint density at radius 3 is 2.93 bits per heavy atom. The van der Waals surface area contributed by atoms with E-state index in [1.54, 1.807) is 0 Å². The van der Waals surface area contributed by atoms with Crippen molar-refractivity contribution >= 4 is 11.9 Å². The highest BCUT2D eigenvalue weighted by Gasteiger charge is 2.31. The topological polar surface area (TPSA) is 57.6 Å². The third-order valence-corrected chi connectivity index (χ3v) is 2.64. The first kappa shape index (κ1) is 11.0. The van der Waals surface area contributed by atoms with Gasteiger partial charge in [-0.3, -0.25) is 9.59 Å². The van der Waals surface area contributed by atoms with Gasteiger partial charge in [-0.2, -0.15) is 0 Å². The van der Waals surface area contributed by atoms with Crippen LogP contribution in [0.4, 0.5) is 0 Å². The Morgan fingerprint density at radius 1 is 1.64 bits per heavy atom. The second-order valence-corrected chi connectivity index (χ2v) is 3.78. The summed E-state index contributed by atoms with van der Waals surface area (Å²) in [5.74, 6) is -0.815. The number of carbonyl (C=O) groups is 2. The molecular formula is C10H17NO3. The molecule has 0 saturated carbocycles. The smallest absolute Gasteiger partial charge is 0.323 e. The van der Waals surface area contributed by atoms with E-state index in [-0.39, 0.29) is 18.4 Å². The first-order valence-electron chi connectivity index (χ1n) is 5.15. The van der Waals surface area contributed by atoms with Crippen LogP contribution >= 0.6 is 0 Å². The molecule has 4 nitrogen and oxygen atoms in total. The Balaban J connectivity index is 2.39. The summed E-state index contributed by atoms with van der Waals surface area (Å²) in [5, 5.41) is 8.56. The Bertz CT molecular complexity index is 227.